The maximum atomic E-state index is 13.1. The van der Waals surface area contributed by atoms with Gasteiger partial charge in [-0.2, -0.15) is 5.10 Å². The number of fused-ring (bicyclic) bond motifs is 2. The predicted molar refractivity (Wildman–Crippen MR) is 119 cm³/mol. The van der Waals surface area contributed by atoms with E-state index in [1.165, 1.54) is 9.58 Å². The number of imide groups is 1. The number of aromatic nitrogens is 5. The Morgan fingerprint density at radius 1 is 1.14 bits per heavy atom. The maximum absolute atomic E-state index is 13.1. The highest BCUT2D eigenvalue weighted by Crippen LogP contribution is 2.30. The summed E-state index contributed by atoms with van der Waals surface area (Å²) in [5, 5.41) is 17.6. The van der Waals surface area contributed by atoms with Crippen LogP contribution in [-0.4, -0.2) is 71.2 Å². The number of carbonyl (C=O) groups is 4. The van der Waals surface area contributed by atoms with Crippen molar-refractivity contribution in [1.82, 2.24) is 40.3 Å². The fourth-order valence-corrected chi connectivity index (χ4v) is 5.07. The van der Waals surface area contributed by atoms with Gasteiger partial charge in [-0.05, 0) is 30.2 Å². The minimum atomic E-state index is -0.672. The summed E-state index contributed by atoms with van der Waals surface area (Å²) in [5.41, 5.74) is 4.18. The summed E-state index contributed by atoms with van der Waals surface area (Å²) < 4.78 is 1.50. The van der Waals surface area contributed by atoms with Gasteiger partial charge in [0.05, 0.1) is 18.1 Å². The van der Waals surface area contributed by atoms with E-state index >= 15 is 0 Å². The van der Waals surface area contributed by atoms with Gasteiger partial charge in [0.2, 0.25) is 11.8 Å². The van der Waals surface area contributed by atoms with Crippen LogP contribution < -0.4 is 5.32 Å². The Balaban J connectivity index is 1.20. The van der Waals surface area contributed by atoms with E-state index < -0.39 is 11.9 Å². The van der Waals surface area contributed by atoms with Crippen LogP contribution in [0.15, 0.2) is 30.6 Å². The van der Waals surface area contributed by atoms with Crippen molar-refractivity contribution in [2.75, 3.05) is 6.54 Å². The number of nitrogens with zero attached hydrogens (tertiary/aromatic N) is 6. The molecule has 0 spiro atoms. The first kappa shape index (κ1) is 21.2. The molecule has 4 amide bonds. The zero-order chi connectivity index (χ0) is 24.3. The van der Waals surface area contributed by atoms with Crippen LogP contribution in [-0.2, 0) is 22.7 Å². The van der Waals surface area contributed by atoms with Gasteiger partial charge in [-0.25, -0.2) is 4.68 Å². The van der Waals surface area contributed by atoms with E-state index in [1.54, 1.807) is 29.4 Å². The zero-order valence-corrected chi connectivity index (χ0v) is 18.9. The Labute approximate surface area is 199 Å². The number of hydrogen-bond acceptors (Lipinski definition) is 7. The Bertz CT molecular complexity index is 1390. The first-order valence-corrected chi connectivity index (χ1v) is 11.4. The first-order valence-electron chi connectivity index (χ1n) is 11.4. The van der Waals surface area contributed by atoms with Crippen LogP contribution in [0.25, 0.3) is 5.69 Å². The van der Waals surface area contributed by atoms with Crippen LogP contribution in [0.3, 0.4) is 0 Å². The van der Waals surface area contributed by atoms with Crippen molar-refractivity contribution in [2.45, 2.75) is 44.8 Å². The topological polar surface area (TPSA) is 146 Å². The monoisotopic (exact) mass is 474 g/mol. The molecule has 0 aliphatic carbocycles. The molecule has 178 valence electrons. The smallest absolute Gasteiger partial charge is 0.276 e. The quantitative estimate of drug-likeness (QED) is 0.526. The molecular formula is C23H22N8O4. The number of nitrogens with one attached hydrogen (secondary N) is 2. The molecular weight excluding hydrogens is 452 g/mol. The van der Waals surface area contributed by atoms with Crippen LogP contribution in [0.1, 0.15) is 63.4 Å². The SMILES string of the molecule is CC1CN(C(=O)c2cn(-c3ccc4c(c3)CN(C3CCC(=O)NC3=O)C4=O)nn2)Cc2cn[nH]c21. The molecule has 1 aromatic carbocycles. The van der Waals surface area contributed by atoms with Gasteiger partial charge in [-0.15, -0.1) is 5.10 Å². The third-order valence-electron chi connectivity index (χ3n) is 6.87. The lowest BCUT2D eigenvalue weighted by Crippen LogP contribution is -2.52. The van der Waals surface area contributed by atoms with Crippen LogP contribution in [0.4, 0.5) is 0 Å². The van der Waals surface area contributed by atoms with Crippen LogP contribution >= 0.6 is 0 Å². The molecule has 1 fully saturated rings. The van der Waals surface area contributed by atoms with Gasteiger partial charge in [-0.3, -0.25) is 29.6 Å². The summed E-state index contributed by atoms with van der Waals surface area (Å²) in [6.07, 6.45) is 3.83. The Morgan fingerprint density at radius 3 is 2.83 bits per heavy atom. The second kappa shape index (κ2) is 7.86. The second-order valence-corrected chi connectivity index (χ2v) is 9.19. The predicted octanol–water partition coefficient (Wildman–Crippen LogP) is 0.511. The van der Waals surface area contributed by atoms with Gasteiger partial charge >= 0.3 is 0 Å². The number of hydrogen-bond donors (Lipinski definition) is 2. The van der Waals surface area contributed by atoms with Crippen LogP contribution in [0.5, 0.6) is 0 Å². The molecule has 2 aromatic heterocycles. The lowest BCUT2D eigenvalue weighted by molar-refractivity contribution is -0.136. The van der Waals surface area contributed by atoms with E-state index in [4.69, 9.17) is 0 Å². The van der Waals surface area contributed by atoms with Crippen LogP contribution in [0.2, 0.25) is 0 Å². The Morgan fingerprint density at radius 2 is 2.00 bits per heavy atom. The highest BCUT2D eigenvalue weighted by Gasteiger charge is 2.39. The largest absolute Gasteiger partial charge is 0.332 e. The van der Waals surface area contributed by atoms with E-state index in [1.807, 2.05) is 13.0 Å². The molecule has 6 rings (SSSR count). The van der Waals surface area contributed by atoms with Crippen molar-refractivity contribution in [3.63, 3.8) is 0 Å². The molecule has 12 nitrogen and oxygen atoms in total. The highest BCUT2D eigenvalue weighted by atomic mass is 16.2. The molecule has 35 heavy (non-hydrogen) atoms. The molecule has 3 aliphatic rings. The number of rotatable bonds is 3. The van der Waals surface area contributed by atoms with Gasteiger partial charge in [0, 0.05) is 48.8 Å². The van der Waals surface area contributed by atoms with E-state index in [0.717, 1.165) is 16.8 Å². The lowest BCUT2D eigenvalue weighted by Gasteiger charge is -2.29. The van der Waals surface area contributed by atoms with Crippen molar-refractivity contribution in [3.8, 4) is 5.69 Å². The normalized spacial score (nSPS) is 21.7. The van der Waals surface area contributed by atoms with Crippen LogP contribution in [0, 0.1) is 0 Å². The molecule has 12 heteroatoms. The third-order valence-corrected chi connectivity index (χ3v) is 6.87. The minimum Gasteiger partial charge on any atom is -0.332 e. The fraction of sp³-hybridized carbons (Fsp3) is 0.348. The van der Waals surface area contributed by atoms with E-state index in [9.17, 15) is 19.2 Å². The number of piperidine rings is 1. The molecule has 3 aromatic rings. The van der Waals surface area contributed by atoms with Gasteiger partial charge in [0.1, 0.15) is 6.04 Å². The summed E-state index contributed by atoms with van der Waals surface area (Å²) in [6, 6.07) is 4.56. The zero-order valence-electron chi connectivity index (χ0n) is 18.9. The van der Waals surface area contributed by atoms with Crippen molar-refractivity contribution in [2.24, 2.45) is 0 Å². The number of benzene rings is 1. The molecule has 0 bridgehead atoms. The van der Waals surface area contributed by atoms with Gasteiger partial charge < -0.3 is 9.80 Å². The van der Waals surface area contributed by atoms with Crippen molar-refractivity contribution < 1.29 is 19.2 Å². The molecule has 0 saturated carbocycles. The highest BCUT2D eigenvalue weighted by molar-refractivity contribution is 6.05. The van der Waals surface area contributed by atoms with Gasteiger partial charge in [-0.1, -0.05) is 12.1 Å². The minimum absolute atomic E-state index is 0.141. The van der Waals surface area contributed by atoms with Gasteiger partial charge in [0.25, 0.3) is 11.8 Å². The average Bonchev–Trinajstić information content (AvgIpc) is 3.58. The fourth-order valence-electron chi connectivity index (χ4n) is 5.07. The van der Waals surface area contributed by atoms with E-state index in [2.05, 4.69) is 25.8 Å². The Kier molecular flexibility index (Phi) is 4.76. The summed E-state index contributed by atoms with van der Waals surface area (Å²) in [7, 11) is 0. The third kappa shape index (κ3) is 3.49. The number of aromatic amines is 1. The molecule has 3 aliphatic heterocycles. The Hall–Kier alpha value is -4.35. The average molecular weight is 474 g/mol. The summed E-state index contributed by atoms with van der Waals surface area (Å²) in [4.78, 5) is 52.9. The van der Waals surface area contributed by atoms with Crippen molar-refractivity contribution >= 4 is 23.6 Å². The molecule has 2 unspecified atom stereocenters. The van der Waals surface area contributed by atoms with Crippen molar-refractivity contribution in [3.05, 3.63) is 58.7 Å². The molecule has 2 atom stereocenters. The second-order valence-electron chi connectivity index (χ2n) is 9.19. The lowest BCUT2D eigenvalue weighted by atomic mass is 9.98. The first-order chi connectivity index (χ1) is 16.9. The molecule has 2 N–H and O–H groups in total. The standard InChI is InChI=1S/C23H22N8O4/c1-12-8-29(9-14-7-24-27-20(12)14)23(35)17-11-31(28-26-17)15-2-3-16-13(6-15)10-30(22(16)34)18-4-5-19(32)25-21(18)33/h2-3,6-7,11-12,18H,4-5,8-10H2,1H3,(H,24,27)(H,25,32,33). The number of H-pyrrole nitrogens is 1. The maximum Gasteiger partial charge on any atom is 0.276 e. The number of carbonyl (C=O) groups excluding carboxylic acids is 4. The summed E-state index contributed by atoms with van der Waals surface area (Å²) >= 11 is 0. The molecule has 1 saturated heterocycles. The molecule has 5 heterocycles. The van der Waals surface area contributed by atoms with Crippen molar-refractivity contribution in [1.29, 1.82) is 0 Å². The summed E-state index contributed by atoms with van der Waals surface area (Å²) in [5.74, 6) is -1.08. The van der Waals surface area contributed by atoms with Gasteiger partial charge in [0.15, 0.2) is 5.69 Å². The summed E-state index contributed by atoms with van der Waals surface area (Å²) in [6.45, 7) is 3.31. The molecule has 0 radical (unpaired) electrons. The van der Waals surface area contributed by atoms with E-state index in [-0.39, 0.29) is 42.3 Å². The van der Waals surface area contributed by atoms with E-state index in [0.29, 0.717) is 30.8 Å². The number of amides is 4.